The van der Waals surface area contributed by atoms with Crippen molar-refractivity contribution in [3.8, 4) is 11.3 Å². The van der Waals surface area contributed by atoms with Crippen LogP contribution in [0.25, 0.3) is 11.3 Å². The van der Waals surface area contributed by atoms with E-state index in [9.17, 15) is 32.8 Å². The number of phosphoric acid groups is 1. The minimum atomic E-state index is -4.31. The van der Waals surface area contributed by atoms with Gasteiger partial charge in [0, 0.05) is 30.5 Å². The van der Waals surface area contributed by atoms with Crippen LogP contribution in [0.15, 0.2) is 23.5 Å². The molecule has 15 nitrogen and oxygen atoms in total. The van der Waals surface area contributed by atoms with Crippen LogP contribution in [-0.4, -0.2) is 96.1 Å². The molecule has 0 bridgehead atoms. The number of carbonyl (C=O) groups is 1. The molecule has 2 rings (SSSR count). The van der Waals surface area contributed by atoms with Gasteiger partial charge in [-0.15, -0.1) is 5.10 Å². The summed E-state index contributed by atoms with van der Waals surface area (Å²) in [7, 11) is -2.57. The quantitative estimate of drug-likeness (QED) is 0.127. The monoisotopic (exact) mass is 521 g/mol. The van der Waals surface area contributed by atoms with E-state index in [-0.39, 0.29) is 30.9 Å². The van der Waals surface area contributed by atoms with Crippen LogP contribution in [0.5, 0.6) is 0 Å². The summed E-state index contributed by atoms with van der Waals surface area (Å²) in [6.07, 6.45) is 3.67. The third-order valence-electron chi connectivity index (χ3n) is 4.37. The van der Waals surface area contributed by atoms with Crippen LogP contribution in [0.1, 0.15) is 12.5 Å². The lowest BCUT2D eigenvalue weighted by Gasteiger charge is -2.24. The predicted octanol–water partition coefficient (Wildman–Crippen LogP) is 0.622. The Morgan fingerprint density at radius 2 is 1.97 bits per heavy atom. The lowest BCUT2D eigenvalue weighted by Crippen LogP contribution is -2.37. The van der Waals surface area contributed by atoms with E-state index < -0.39 is 39.3 Å². The minimum absolute atomic E-state index is 0.000876. The number of carbonyl (C=O) groups excluding carboxylic acids is 1. The van der Waals surface area contributed by atoms with Gasteiger partial charge in [0.25, 0.3) is 0 Å². The molecule has 0 aliphatic rings. The lowest BCUT2D eigenvalue weighted by molar-refractivity contribution is -0.870. The number of nitro groups is 1. The Labute approximate surface area is 195 Å². The van der Waals surface area contributed by atoms with Gasteiger partial charge in [-0.05, 0) is 0 Å². The van der Waals surface area contributed by atoms with E-state index in [0.717, 1.165) is 23.2 Å². The van der Waals surface area contributed by atoms with Crippen LogP contribution in [-0.2, 0) is 28.2 Å². The summed E-state index contributed by atoms with van der Waals surface area (Å²) in [5.74, 6) is 0. The highest BCUT2D eigenvalue weighted by Crippen LogP contribution is 2.43. The Morgan fingerprint density at radius 1 is 1.32 bits per heavy atom. The van der Waals surface area contributed by atoms with Crippen molar-refractivity contribution in [1.82, 2.24) is 20.0 Å². The van der Waals surface area contributed by atoms with Gasteiger partial charge >= 0.3 is 13.5 Å². The molecule has 0 spiro atoms. The molecular formula is C17H26N6O9PS+. The molecule has 0 aromatic carbocycles. The van der Waals surface area contributed by atoms with Crippen molar-refractivity contribution in [2.24, 2.45) is 0 Å². The van der Waals surface area contributed by atoms with Crippen LogP contribution in [0.3, 0.4) is 0 Å². The van der Waals surface area contributed by atoms with Gasteiger partial charge < -0.3 is 14.2 Å². The average molecular weight is 521 g/mol. The lowest BCUT2D eigenvalue weighted by atomic mass is 10.2. The molecule has 2 aromatic rings. The third kappa shape index (κ3) is 8.00. The maximum absolute atomic E-state index is 12.0. The molecule has 2 unspecified atom stereocenters. The zero-order valence-electron chi connectivity index (χ0n) is 19.0. The van der Waals surface area contributed by atoms with E-state index in [4.69, 9.17) is 9.05 Å². The molecule has 34 heavy (non-hydrogen) atoms. The van der Waals surface area contributed by atoms with E-state index in [1.807, 2.05) is 21.1 Å². The van der Waals surface area contributed by atoms with E-state index in [2.05, 4.69) is 15.3 Å². The van der Waals surface area contributed by atoms with E-state index in [1.54, 1.807) is 0 Å². The first-order valence-corrected chi connectivity index (χ1v) is 13.2. The normalized spacial score (nSPS) is 15.0. The molecule has 0 amide bonds. The van der Waals surface area contributed by atoms with Crippen molar-refractivity contribution in [2.45, 2.75) is 17.5 Å². The molecule has 17 heteroatoms. The Bertz CT molecular complexity index is 1190. The first kappa shape index (κ1) is 27.6. The molecule has 0 aliphatic carbocycles. The van der Waals surface area contributed by atoms with Crippen molar-refractivity contribution in [2.75, 3.05) is 47.2 Å². The molecule has 0 saturated heterocycles. The van der Waals surface area contributed by atoms with Gasteiger partial charge in [-0.3, -0.25) is 19.2 Å². The summed E-state index contributed by atoms with van der Waals surface area (Å²) >= 11 is 0. The maximum Gasteiger partial charge on any atom is 0.472 e. The molecular weight excluding hydrogens is 495 g/mol. The molecule has 0 aliphatic heterocycles. The van der Waals surface area contributed by atoms with Gasteiger partial charge in [-0.25, -0.2) is 22.6 Å². The van der Waals surface area contributed by atoms with Crippen molar-refractivity contribution in [3.63, 3.8) is 0 Å². The maximum atomic E-state index is 12.0. The van der Waals surface area contributed by atoms with Crippen LogP contribution in [0, 0.1) is 10.1 Å². The SMILES string of the molecule is C[N+](C)(C)CCOP(=O)(O)OCCC(C=O)n1cc(-c2cnc(S(C)(=O)=O)c([N+](=O)[O-])c2)nn1. The number of phosphoric ester groups is 1. The van der Waals surface area contributed by atoms with Gasteiger partial charge in [-0.2, -0.15) is 0 Å². The summed E-state index contributed by atoms with van der Waals surface area (Å²) < 4.78 is 46.8. The molecule has 1 N–H and O–H groups in total. The smallest absolute Gasteiger partial charge is 0.329 e. The summed E-state index contributed by atoms with van der Waals surface area (Å²) in [4.78, 5) is 35.3. The zero-order chi connectivity index (χ0) is 25.7. The first-order chi connectivity index (χ1) is 15.6. The second-order valence-electron chi connectivity index (χ2n) is 8.30. The third-order valence-corrected chi connectivity index (χ3v) is 6.40. The van der Waals surface area contributed by atoms with Crippen molar-refractivity contribution in [3.05, 3.63) is 28.6 Å². The van der Waals surface area contributed by atoms with Gasteiger partial charge in [0.15, 0.2) is 9.84 Å². The Kier molecular flexibility index (Phi) is 8.74. The highest BCUT2D eigenvalue weighted by molar-refractivity contribution is 7.90. The number of sulfone groups is 1. The van der Waals surface area contributed by atoms with Crippen LogP contribution in [0.2, 0.25) is 0 Å². The second kappa shape index (κ2) is 10.8. The fourth-order valence-electron chi connectivity index (χ4n) is 2.59. The second-order valence-corrected chi connectivity index (χ2v) is 11.7. The molecule has 2 aromatic heterocycles. The molecule has 2 atom stereocenters. The number of likely N-dealkylation sites (N-methyl/N-ethyl adjacent to an activating group) is 1. The van der Waals surface area contributed by atoms with Crippen LogP contribution >= 0.6 is 7.82 Å². The predicted molar refractivity (Wildman–Crippen MR) is 117 cm³/mol. The standard InChI is InChI=1S/C17H25N6O9PS/c1-23(2,3)6-8-32-33(27,28)31-7-5-14(12-24)21-11-15(19-20-21)13-9-16(22(25)26)17(18-10-13)34(4,29)30/h9-12,14H,5-8H2,1-4H3/p+1. The number of rotatable bonds is 13. The van der Waals surface area contributed by atoms with Crippen molar-refractivity contribution >= 4 is 29.6 Å². The van der Waals surface area contributed by atoms with Crippen LogP contribution < -0.4 is 0 Å². The molecule has 0 saturated carbocycles. The van der Waals surface area contributed by atoms with Gasteiger partial charge in [0.05, 0.1) is 38.9 Å². The summed E-state index contributed by atoms with van der Waals surface area (Å²) in [6, 6.07) is 0.0672. The molecule has 188 valence electrons. The number of hydrogen-bond donors (Lipinski definition) is 1. The minimum Gasteiger partial charge on any atom is -0.329 e. The fraction of sp³-hybridized carbons (Fsp3) is 0.529. The fourth-order valence-corrected chi connectivity index (χ4v) is 4.07. The van der Waals surface area contributed by atoms with E-state index in [0.29, 0.717) is 17.3 Å². The number of pyridine rings is 1. The molecule has 0 radical (unpaired) electrons. The van der Waals surface area contributed by atoms with Crippen molar-refractivity contribution < 1.29 is 41.1 Å². The highest BCUT2D eigenvalue weighted by atomic mass is 32.2. The number of nitrogens with zero attached hydrogens (tertiary/aromatic N) is 6. The number of aldehydes is 1. The topological polar surface area (TPSA) is 194 Å². The summed E-state index contributed by atoms with van der Waals surface area (Å²) in [5, 5.41) is 18.2. The van der Waals surface area contributed by atoms with Gasteiger partial charge in [-0.1, -0.05) is 5.21 Å². The Balaban J connectivity index is 2.08. The average Bonchev–Trinajstić information content (AvgIpc) is 3.18. The number of aromatic nitrogens is 4. The van der Waals surface area contributed by atoms with Gasteiger partial charge in [0.1, 0.15) is 31.2 Å². The van der Waals surface area contributed by atoms with Crippen LogP contribution in [0.4, 0.5) is 5.69 Å². The highest BCUT2D eigenvalue weighted by Gasteiger charge is 2.26. The van der Waals surface area contributed by atoms with Crippen molar-refractivity contribution in [1.29, 1.82) is 0 Å². The molecule has 0 fully saturated rings. The van der Waals surface area contributed by atoms with E-state index in [1.165, 1.54) is 6.20 Å². The Morgan fingerprint density at radius 3 is 2.53 bits per heavy atom. The van der Waals surface area contributed by atoms with Gasteiger partial charge in [0.2, 0.25) is 5.03 Å². The Hall–Kier alpha value is -2.62. The number of quaternary nitrogens is 1. The summed E-state index contributed by atoms with van der Waals surface area (Å²) in [6.45, 7) is 0.177. The first-order valence-electron chi connectivity index (χ1n) is 9.77. The largest absolute Gasteiger partial charge is 0.472 e. The summed E-state index contributed by atoms with van der Waals surface area (Å²) in [5.41, 5.74) is -0.518. The molecule has 2 heterocycles. The number of hydrogen-bond acceptors (Lipinski definition) is 11. The zero-order valence-corrected chi connectivity index (χ0v) is 20.7. The van der Waals surface area contributed by atoms with E-state index >= 15 is 0 Å².